The van der Waals surface area contributed by atoms with E-state index in [2.05, 4.69) is 15.0 Å². The van der Waals surface area contributed by atoms with Crippen LogP contribution < -0.4 is 15.0 Å². The second kappa shape index (κ2) is 7.48. The number of rotatable bonds is 5. The van der Waals surface area contributed by atoms with Gasteiger partial charge in [0.25, 0.3) is 5.91 Å². The predicted molar refractivity (Wildman–Crippen MR) is 93.8 cm³/mol. The van der Waals surface area contributed by atoms with E-state index in [4.69, 9.17) is 0 Å². The highest BCUT2D eigenvalue weighted by Gasteiger charge is 2.31. The van der Waals surface area contributed by atoms with Crippen molar-refractivity contribution in [2.75, 3.05) is 25.0 Å². The molecule has 0 radical (unpaired) electrons. The number of likely N-dealkylation sites (N-methyl/N-ethyl adjacent to an activating group) is 1. The van der Waals surface area contributed by atoms with E-state index in [0.717, 1.165) is 36.3 Å². The fraction of sp³-hybridized carbons (Fsp3) is 0.316. The molecule has 8 heteroatoms. The van der Waals surface area contributed by atoms with E-state index in [1.807, 2.05) is 25.2 Å². The zero-order valence-electron chi connectivity index (χ0n) is 14.6. The van der Waals surface area contributed by atoms with Crippen LogP contribution in [0.2, 0.25) is 0 Å². The Balaban J connectivity index is 1.57. The van der Waals surface area contributed by atoms with Crippen molar-refractivity contribution in [3.8, 4) is 5.75 Å². The van der Waals surface area contributed by atoms with Gasteiger partial charge in [-0.25, -0.2) is 0 Å². The van der Waals surface area contributed by atoms with E-state index in [1.54, 1.807) is 0 Å². The van der Waals surface area contributed by atoms with Gasteiger partial charge in [-0.2, -0.15) is 0 Å². The molecule has 0 aliphatic carbocycles. The first-order valence-electron chi connectivity index (χ1n) is 8.39. The molecule has 0 spiro atoms. The summed E-state index contributed by atoms with van der Waals surface area (Å²) in [5.41, 5.74) is 3.17. The molecule has 5 nitrogen and oxygen atoms in total. The van der Waals surface area contributed by atoms with Crippen LogP contribution >= 0.6 is 0 Å². The molecule has 1 atom stereocenters. The summed E-state index contributed by atoms with van der Waals surface area (Å²) in [6.07, 6.45) is -4.75. The molecule has 2 N–H and O–H groups in total. The molecule has 1 aliphatic rings. The zero-order valence-corrected chi connectivity index (χ0v) is 14.6. The Hall–Kier alpha value is -2.74. The minimum absolute atomic E-state index is 0.00569. The second-order valence-corrected chi connectivity index (χ2v) is 6.36. The average molecular weight is 380 g/mol. The third-order valence-corrected chi connectivity index (χ3v) is 4.42. The molecule has 0 saturated heterocycles. The Labute approximate surface area is 154 Å². The van der Waals surface area contributed by atoms with E-state index in [9.17, 15) is 23.1 Å². The molecule has 2 aromatic rings. The molecule has 0 unspecified atom stereocenters. The number of hydrogen-bond donors (Lipinski definition) is 2. The van der Waals surface area contributed by atoms with E-state index in [1.165, 1.54) is 12.1 Å². The van der Waals surface area contributed by atoms with Crippen molar-refractivity contribution >= 4 is 11.6 Å². The van der Waals surface area contributed by atoms with Crippen LogP contribution in [0.4, 0.5) is 18.9 Å². The molecule has 0 fully saturated rings. The Kier molecular flexibility index (Phi) is 5.27. The zero-order chi connectivity index (χ0) is 19.6. The van der Waals surface area contributed by atoms with Crippen molar-refractivity contribution in [2.24, 2.45) is 0 Å². The fourth-order valence-corrected chi connectivity index (χ4v) is 3.01. The molecule has 2 aromatic carbocycles. The molecule has 27 heavy (non-hydrogen) atoms. The van der Waals surface area contributed by atoms with Crippen molar-refractivity contribution < 1.29 is 27.8 Å². The van der Waals surface area contributed by atoms with Gasteiger partial charge in [0.15, 0.2) is 0 Å². The maximum Gasteiger partial charge on any atom is 0.573 e. The van der Waals surface area contributed by atoms with Gasteiger partial charge >= 0.3 is 6.36 Å². The van der Waals surface area contributed by atoms with Gasteiger partial charge in [0, 0.05) is 31.4 Å². The quantitative estimate of drug-likeness (QED) is 0.837. The molecule has 0 aromatic heterocycles. The van der Waals surface area contributed by atoms with E-state index >= 15 is 0 Å². The summed E-state index contributed by atoms with van der Waals surface area (Å²) < 4.78 is 40.2. The Morgan fingerprint density at radius 1 is 1.26 bits per heavy atom. The van der Waals surface area contributed by atoms with Gasteiger partial charge in [-0.05, 0) is 47.9 Å². The largest absolute Gasteiger partial charge is 0.573 e. The summed E-state index contributed by atoms with van der Waals surface area (Å²) >= 11 is 0. The standard InChI is InChI=1S/C19H19F3N2O3/c1-24-9-8-13-10-14(4-7-16(13)24)17(25)11-23-18(26)12-2-5-15(6-3-12)27-19(20,21)22/h2-7,10,17,25H,8-9,11H2,1H3,(H,23,26)/t17-/m1/s1. The number of carbonyl (C=O) groups excluding carboxylic acids is 1. The third-order valence-electron chi connectivity index (χ3n) is 4.42. The molecule has 0 bridgehead atoms. The van der Waals surface area contributed by atoms with Gasteiger partial charge in [0.1, 0.15) is 5.75 Å². The number of nitrogens with zero attached hydrogens (tertiary/aromatic N) is 1. The Morgan fingerprint density at radius 2 is 1.96 bits per heavy atom. The Morgan fingerprint density at radius 3 is 2.63 bits per heavy atom. The number of aliphatic hydroxyl groups is 1. The van der Waals surface area contributed by atoms with E-state index < -0.39 is 24.1 Å². The van der Waals surface area contributed by atoms with Crippen LogP contribution in [0.25, 0.3) is 0 Å². The van der Waals surface area contributed by atoms with Gasteiger partial charge in [0.2, 0.25) is 0 Å². The molecule has 1 aliphatic heterocycles. The van der Waals surface area contributed by atoms with E-state index in [0.29, 0.717) is 5.56 Å². The van der Waals surface area contributed by atoms with Gasteiger partial charge in [-0.1, -0.05) is 12.1 Å². The average Bonchev–Trinajstić information content (AvgIpc) is 2.99. The van der Waals surface area contributed by atoms with Crippen LogP contribution in [0.1, 0.15) is 27.6 Å². The first kappa shape index (κ1) is 19.0. The van der Waals surface area contributed by atoms with E-state index in [-0.39, 0.29) is 12.1 Å². The number of amides is 1. The van der Waals surface area contributed by atoms with Crippen LogP contribution in [0.3, 0.4) is 0 Å². The number of ether oxygens (including phenoxy) is 1. The summed E-state index contributed by atoms with van der Waals surface area (Å²) in [5, 5.41) is 12.9. The number of fused-ring (bicyclic) bond motifs is 1. The number of hydrogen-bond acceptors (Lipinski definition) is 4. The number of anilines is 1. The maximum atomic E-state index is 12.1. The number of nitrogens with one attached hydrogen (secondary N) is 1. The van der Waals surface area contributed by atoms with Crippen LogP contribution in [0, 0.1) is 0 Å². The number of benzene rings is 2. The molecular formula is C19H19F3N2O3. The molecule has 3 rings (SSSR count). The van der Waals surface area contributed by atoms with Crippen molar-refractivity contribution in [3.63, 3.8) is 0 Å². The number of halogens is 3. The monoisotopic (exact) mass is 380 g/mol. The van der Waals surface area contributed by atoms with Crippen LogP contribution in [0.15, 0.2) is 42.5 Å². The Bertz CT molecular complexity index is 822. The summed E-state index contributed by atoms with van der Waals surface area (Å²) in [6.45, 7) is 0.925. The van der Waals surface area contributed by atoms with Crippen molar-refractivity contribution in [1.29, 1.82) is 0 Å². The molecule has 1 heterocycles. The molecule has 0 saturated carbocycles. The normalized spacial score (nSPS) is 14.6. The molecular weight excluding hydrogens is 361 g/mol. The van der Waals surface area contributed by atoms with Gasteiger partial charge in [-0.3, -0.25) is 4.79 Å². The number of aliphatic hydroxyl groups excluding tert-OH is 1. The van der Waals surface area contributed by atoms with Crippen LogP contribution in [0.5, 0.6) is 5.75 Å². The van der Waals surface area contributed by atoms with Crippen LogP contribution in [-0.2, 0) is 6.42 Å². The summed E-state index contributed by atoms with van der Waals surface area (Å²) in [5.74, 6) is -0.893. The van der Waals surface area contributed by atoms with Gasteiger partial charge in [0.05, 0.1) is 6.10 Å². The first-order valence-corrected chi connectivity index (χ1v) is 8.39. The van der Waals surface area contributed by atoms with Crippen LogP contribution in [-0.4, -0.2) is 37.5 Å². The maximum absolute atomic E-state index is 12.1. The minimum Gasteiger partial charge on any atom is -0.406 e. The lowest BCUT2D eigenvalue weighted by Gasteiger charge is -2.15. The fourth-order valence-electron chi connectivity index (χ4n) is 3.01. The summed E-state index contributed by atoms with van der Waals surface area (Å²) in [4.78, 5) is 14.3. The topological polar surface area (TPSA) is 61.8 Å². The SMILES string of the molecule is CN1CCc2cc([C@H](O)CNC(=O)c3ccc(OC(F)(F)F)cc3)ccc21. The predicted octanol–water partition coefficient (Wildman–Crippen LogP) is 3.04. The summed E-state index contributed by atoms with van der Waals surface area (Å²) in [7, 11) is 2.01. The lowest BCUT2D eigenvalue weighted by Crippen LogP contribution is -2.28. The first-order chi connectivity index (χ1) is 12.7. The highest BCUT2D eigenvalue weighted by molar-refractivity contribution is 5.94. The number of carbonyl (C=O) groups is 1. The lowest BCUT2D eigenvalue weighted by molar-refractivity contribution is -0.274. The smallest absolute Gasteiger partial charge is 0.406 e. The van der Waals surface area contributed by atoms with Gasteiger partial charge < -0.3 is 20.1 Å². The highest BCUT2D eigenvalue weighted by Crippen LogP contribution is 2.29. The summed E-state index contributed by atoms with van der Waals surface area (Å²) in [6, 6.07) is 10.3. The minimum atomic E-state index is -4.78. The lowest BCUT2D eigenvalue weighted by atomic mass is 10.0. The third kappa shape index (κ3) is 4.71. The number of alkyl halides is 3. The van der Waals surface area contributed by atoms with Crippen molar-refractivity contribution in [2.45, 2.75) is 18.9 Å². The molecule has 144 valence electrons. The van der Waals surface area contributed by atoms with Crippen molar-refractivity contribution in [3.05, 3.63) is 59.2 Å². The van der Waals surface area contributed by atoms with Crippen molar-refractivity contribution in [1.82, 2.24) is 5.32 Å². The highest BCUT2D eigenvalue weighted by atomic mass is 19.4. The molecule has 1 amide bonds. The second-order valence-electron chi connectivity index (χ2n) is 6.36. The van der Waals surface area contributed by atoms with Gasteiger partial charge in [-0.15, -0.1) is 13.2 Å².